The van der Waals surface area contributed by atoms with Crippen molar-refractivity contribution in [3.8, 4) is 0 Å². The minimum absolute atomic E-state index is 0.292. The number of hydrogen-bond donors (Lipinski definition) is 1. The van der Waals surface area contributed by atoms with Gasteiger partial charge in [-0.25, -0.2) is 0 Å². The number of carboxylic acid groups (broad SMARTS) is 1. The lowest BCUT2D eigenvalue weighted by Crippen LogP contribution is -2.46. The number of nitrogens with zero attached hydrogens (tertiary/aromatic N) is 1. The Balaban J connectivity index is 2.01. The highest BCUT2D eigenvalue weighted by molar-refractivity contribution is 5.74. The molecule has 98 valence electrons. The molecule has 0 aromatic rings. The molecule has 3 atom stereocenters. The molecular weight excluding hydrogens is 218 g/mol. The van der Waals surface area contributed by atoms with Crippen molar-refractivity contribution in [1.82, 2.24) is 4.90 Å². The van der Waals surface area contributed by atoms with Crippen molar-refractivity contribution in [3.63, 3.8) is 0 Å². The summed E-state index contributed by atoms with van der Waals surface area (Å²) in [5, 5.41) is 9.25. The zero-order valence-corrected chi connectivity index (χ0v) is 10.8. The molecule has 2 rings (SSSR count). The average Bonchev–Trinajstić information content (AvgIpc) is 2.73. The van der Waals surface area contributed by atoms with E-state index < -0.39 is 11.4 Å². The first-order valence-electron chi connectivity index (χ1n) is 6.57. The van der Waals surface area contributed by atoms with Crippen molar-refractivity contribution in [3.05, 3.63) is 0 Å². The minimum atomic E-state index is -0.662. The van der Waals surface area contributed by atoms with E-state index in [9.17, 15) is 9.90 Å². The maximum Gasteiger partial charge on any atom is 0.310 e. The van der Waals surface area contributed by atoms with Gasteiger partial charge in [-0.05, 0) is 32.7 Å². The highest BCUT2D eigenvalue weighted by atomic mass is 16.5. The standard InChI is InChI=1S/C13H23NO3/c1-13(12(15)16)7-8-14(9-13)10-5-3-4-6-11(10)17-2/h10-11H,3-9H2,1-2H3,(H,15,16). The minimum Gasteiger partial charge on any atom is -0.481 e. The van der Waals surface area contributed by atoms with Crippen LogP contribution in [0.4, 0.5) is 0 Å². The fourth-order valence-corrected chi connectivity index (χ4v) is 3.22. The summed E-state index contributed by atoms with van der Waals surface area (Å²) in [4.78, 5) is 13.6. The topological polar surface area (TPSA) is 49.8 Å². The molecular formula is C13H23NO3. The maximum absolute atomic E-state index is 11.2. The zero-order chi connectivity index (χ0) is 12.5. The molecule has 0 amide bonds. The van der Waals surface area contributed by atoms with Crippen LogP contribution in [0.15, 0.2) is 0 Å². The number of methoxy groups -OCH3 is 1. The lowest BCUT2D eigenvalue weighted by Gasteiger charge is -2.37. The normalized spacial score (nSPS) is 39.4. The third kappa shape index (κ3) is 2.47. The van der Waals surface area contributed by atoms with E-state index in [2.05, 4.69) is 4.90 Å². The number of carboxylic acids is 1. The summed E-state index contributed by atoms with van der Waals surface area (Å²) >= 11 is 0. The Hall–Kier alpha value is -0.610. The van der Waals surface area contributed by atoms with Gasteiger partial charge in [-0.3, -0.25) is 9.69 Å². The van der Waals surface area contributed by atoms with E-state index in [0.717, 1.165) is 25.8 Å². The third-order valence-corrected chi connectivity index (χ3v) is 4.46. The van der Waals surface area contributed by atoms with Crippen LogP contribution >= 0.6 is 0 Å². The Labute approximate surface area is 103 Å². The van der Waals surface area contributed by atoms with Crippen LogP contribution in [0.2, 0.25) is 0 Å². The number of hydrogen-bond acceptors (Lipinski definition) is 3. The Morgan fingerprint density at radius 1 is 1.41 bits per heavy atom. The highest BCUT2D eigenvalue weighted by Gasteiger charge is 2.44. The summed E-state index contributed by atoms with van der Waals surface area (Å²) in [6, 6.07) is 0.426. The molecule has 0 bridgehead atoms. The molecule has 4 heteroatoms. The van der Waals surface area contributed by atoms with E-state index >= 15 is 0 Å². The van der Waals surface area contributed by atoms with Gasteiger partial charge in [0.2, 0.25) is 0 Å². The molecule has 1 aliphatic carbocycles. The second-order valence-electron chi connectivity index (χ2n) is 5.71. The van der Waals surface area contributed by atoms with E-state index in [1.165, 1.54) is 12.8 Å². The molecule has 1 saturated carbocycles. The molecule has 4 nitrogen and oxygen atoms in total. The van der Waals surface area contributed by atoms with Crippen molar-refractivity contribution in [2.24, 2.45) is 5.41 Å². The van der Waals surface area contributed by atoms with Crippen molar-refractivity contribution in [2.75, 3.05) is 20.2 Å². The van der Waals surface area contributed by atoms with E-state index in [1.807, 2.05) is 6.92 Å². The molecule has 0 spiro atoms. The Bertz CT molecular complexity index is 294. The molecule has 0 aromatic heterocycles. The van der Waals surface area contributed by atoms with E-state index in [1.54, 1.807) is 7.11 Å². The van der Waals surface area contributed by atoms with Gasteiger partial charge in [-0.2, -0.15) is 0 Å². The van der Waals surface area contributed by atoms with Crippen LogP contribution in [0, 0.1) is 5.41 Å². The molecule has 2 fully saturated rings. The summed E-state index contributed by atoms with van der Waals surface area (Å²) in [7, 11) is 1.77. The first-order valence-corrected chi connectivity index (χ1v) is 6.57. The van der Waals surface area contributed by atoms with Crippen LogP contribution in [-0.2, 0) is 9.53 Å². The molecule has 1 heterocycles. The fourth-order valence-electron chi connectivity index (χ4n) is 3.22. The van der Waals surface area contributed by atoms with Gasteiger partial charge in [0.05, 0.1) is 11.5 Å². The number of ether oxygens (including phenoxy) is 1. The number of likely N-dealkylation sites (tertiary alicyclic amines) is 1. The van der Waals surface area contributed by atoms with Crippen LogP contribution in [0.5, 0.6) is 0 Å². The van der Waals surface area contributed by atoms with Crippen LogP contribution < -0.4 is 0 Å². The lowest BCUT2D eigenvalue weighted by atomic mass is 9.89. The molecule has 0 radical (unpaired) electrons. The lowest BCUT2D eigenvalue weighted by molar-refractivity contribution is -0.147. The van der Waals surface area contributed by atoms with E-state index in [4.69, 9.17) is 4.74 Å². The van der Waals surface area contributed by atoms with Crippen LogP contribution in [0.25, 0.3) is 0 Å². The van der Waals surface area contributed by atoms with Gasteiger partial charge < -0.3 is 9.84 Å². The summed E-state index contributed by atoms with van der Waals surface area (Å²) in [5.41, 5.74) is -0.560. The number of rotatable bonds is 3. The van der Waals surface area contributed by atoms with Crippen LogP contribution in [0.3, 0.4) is 0 Å². The number of aliphatic carboxylic acids is 1. The molecule has 2 aliphatic rings. The predicted molar refractivity (Wildman–Crippen MR) is 65.0 cm³/mol. The van der Waals surface area contributed by atoms with Crippen molar-refractivity contribution in [2.45, 2.75) is 51.2 Å². The second kappa shape index (κ2) is 4.94. The first-order chi connectivity index (χ1) is 8.07. The second-order valence-corrected chi connectivity index (χ2v) is 5.71. The van der Waals surface area contributed by atoms with Gasteiger partial charge in [0, 0.05) is 19.7 Å². The van der Waals surface area contributed by atoms with Gasteiger partial charge >= 0.3 is 5.97 Å². The largest absolute Gasteiger partial charge is 0.481 e. The Morgan fingerprint density at radius 3 is 2.71 bits per heavy atom. The molecule has 17 heavy (non-hydrogen) atoms. The molecule has 1 saturated heterocycles. The van der Waals surface area contributed by atoms with Gasteiger partial charge in [0.15, 0.2) is 0 Å². The van der Waals surface area contributed by atoms with Crippen LogP contribution in [0.1, 0.15) is 39.0 Å². The predicted octanol–water partition coefficient (Wildman–Crippen LogP) is 1.74. The third-order valence-electron chi connectivity index (χ3n) is 4.46. The first kappa shape index (κ1) is 12.8. The quantitative estimate of drug-likeness (QED) is 0.817. The van der Waals surface area contributed by atoms with Gasteiger partial charge in [-0.1, -0.05) is 12.8 Å². The molecule has 0 aromatic carbocycles. The summed E-state index contributed by atoms with van der Waals surface area (Å²) in [5.74, 6) is -0.662. The Morgan fingerprint density at radius 2 is 2.12 bits per heavy atom. The van der Waals surface area contributed by atoms with Crippen molar-refractivity contribution in [1.29, 1.82) is 0 Å². The average molecular weight is 241 g/mol. The van der Waals surface area contributed by atoms with Gasteiger partial charge in [0.1, 0.15) is 0 Å². The summed E-state index contributed by atoms with van der Waals surface area (Å²) in [6.07, 6.45) is 5.79. The summed E-state index contributed by atoms with van der Waals surface area (Å²) in [6.45, 7) is 3.43. The smallest absolute Gasteiger partial charge is 0.310 e. The van der Waals surface area contributed by atoms with Crippen molar-refractivity contribution < 1.29 is 14.6 Å². The van der Waals surface area contributed by atoms with E-state index in [0.29, 0.717) is 18.7 Å². The molecule has 3 unspecified atom stereocenters. The monoisotopic (exact) mass is 241 g/mol. The van der Waals surface area contributed by atoms with E-state index in [-0.39, 0.29) is 0 Å². The highest BCUT2D eigenvalue weighted by Crippen LogP contribution is 2.35. The maximum atomic E-state index is 11.2. The SMILES string of the molecule is COC1CCCCC1N1CCC(C)(C(=O)O)C1. The molecule has 1 N–H and O–H groups in total. The van der Waals surface area contributed by atoms with Gasteiger partial charge in [-0.15, -0.1) is 0 Å². The molecule has 1 aliphatic heterocycles. The van der Waals surface area contributed by atoms with Gasteiger partial charge in [0.25, 0.3) is 0 Å². The fraction of sp³-hybridized carbons (Fsp3) is 0.923. The zero-order valence-electron chi connectivity index (χ0n) is 10.8. The number of carbonyl (C=O) groups is 1. The van der Waals surface area contributed by atoms with Crippen LogP contribution in [-0.4, -0.2) is 48.3 Å². The van der Waals surface area contributed by atoms with Crippen molar-refractivity contribution >= 4 is 5.97 Å². The summed E-state index contributed by atoms with van der Waals surface area (Å²) < 4.78 is 5.56. The Kier molecular flexibility index (Phi) is 3.73.